The number of ether oxygens (including phenoxy) is 1. The van der Waals surface area contributed by atoms with Gasteiger partial charge in [-0.1, -0.05) is 12.1 Å². The molecule has 168 valence electrons. The van der Waals surface area contributed by atoms with Crippen molar-refractivity contribution in [3.05, 3.63) is 36.2 Å². The van der Waals surface area contributed by atoms with E-state index in [2.05, 4.69) is 30.1 Å². The lowest BCUT2D eigenvalue weighted by atomic mass is 10.0. The zero-order valence-corrected chi connectivity index (χ0v) is 18.0. The van der Waals surface area contributed by atoms with Crippen LogP contribution in [0.2, 0.25) is 0 Å². The monoisotopic (exact) mass is 436 g/mol. The summed E-state index contributed by atoms with van der Waals surface area (Å²) in [5.74, 6) is 1.73. The average molecular weight is 437 g/mol. The maximum Gasteiger partial charge on any atom is 0.224 e. The number of imidazole rings is 1. The number of aromatic nitrogens is 4. The zero-order valence-electron chi connectivity index (χ0n) is 18.0. The molecule has 4 heterocycles. The number of aromatic amines is 1. The number of benzene rings is 1. The Morgan fingerprint density at radius 3 is 2.59 bits per heavy atom. The number of anilines is 3. The van der Waals surface area contributed by atoms with Gasteiger partial charge in [-0.25, -0.2) is 9.97 Å². The molecule has 1 amide bonds. The van der Waals surface area contributed by atoms with Gasteiger partial charge in [-0.3, -0.25) is 4.79 Å². The molecular formula is C22H28N8O2. The predicted molar refractivity (Wildman–Crippen MR) is 123 cm³/mol. The molecule has 0 spiro atoms. The van der Waals surface area contributed by atoms with Crippen LogP contribution in [-0.2, 0) is 16.0 Å². The molecule has 5 rings (SSSR count). The van der Waals surface area contributed by atoms with E-state index >= 15 is 0 Å². The van der Waals surface area contributed by atoms with Gasteiger partial charge in [-0.15, -0.1) is 0 Å². The molecule has 0 aliphatic carbocycles. The van der Waals surface area contributed by atoms with Crippen molar-refractivity contribution in [2.45, 2.75) is 25.3 Å². The Morgan fingerprint density at radius 2 is 1.84 bits per heavy atom. The number of hydrogen-bond donors (Lipinski definition) is 3. The van der Waals surface area contributed by atoms with Crippen LogP contribution in [0.15, 0.2) is 30.6 Å². The first-order valence-corrected chi connectivity index (χ1v) is 11.1. The number of nitrogens with one attached hydrogen (secondary N) is 2. The number of fused-ring (bicyclic) bond motifs is 1. The summed E-state index contributed by atoms with van der Waals surface area (Å²) in [6, 6.07) is 7.60. The van der Waals surface area contributed by atoms with E-state index in [0.717, 1.165) is 61.9 Å². The Bertz CT molecular complexity index is 1070. The number of carbonyl (C=O) groups excluding carboxylic acids is 1. The van der Waals surface area contributed by atoms with E-state index in [0.29, 0.717) is 31.0 Å². The standard InChI is InChI=1S/C22H28N8O2/c23-16-3-1-15(2-4-16)13-18(31)26-17-5-7-30(8-6-17)22-27-19-20(28-22)24-14-25-21(19)29-9-11-32-12-10-29/h1-4,14,17H,5-13,23H2,(H,26,31)(H,24,25,27,28). The molecule has 2 aliphatic heterocycles. The van der Waals surface area contributed by atoms with E-state index in [-0.39, 0.29) is 11.9 Å². The molecule has 0 radical (unpaired) electrons. The Morgan fingerprint density at radius 1 is 1.09 bits per heavy atom. The summed E-state index contributed by atoms with van der Waals surface area (Å²) in [5.41, 5.74) is 8.92. The van der Waals surface area contributed by atoms with Crippen LogP contribution in [0.1, 0.15) is 18.4 Å². The molecule has 10 nitrogen and oxygen atoms in total. The third-order valence-corrected chi connectivity index (χ3v) is 6.07. The first-order chi connectivity index (χ1) is 15.7. The van der Waals surface area contributed by atoms with Crippen molar-refractivity contribution >= 4 is 34.5 Å². The van der Waals surface area contributed by atoms with Crippen LogP contribution in [0, 0.1) is 0 Å². The van der Waals surface area contributed by atoms with Gasteiger partial charge in [0.15, 0.2) is 11.5 Å². The second-order valence-corrected chi connectivity index (χ2v) is 8.30. The minimum Gasteiger partial charge on any atom is -0.399 e. The van der Waals surface area contributed by atoms with Crippen LogP contribution in [-0.4, -0.2) is 71.3 Å². The first-order valence-electron chi connectivity index (χ1n) is 11.1. The molecule has 4 N–H and O–H groups in total. The van der Waals surface area contributed by atoms with E-state index in [9.17, 15) is 4.79 Å². The number of piperidine rings is 1. The summed E-state index contributed by atoms with van der Waals surface area (Å²) in [5, 5.41) is 3.16. The van der Waals surface area contributed by atoms with Crippen molar-refractivity contribution in [3.8, 4) is 0 Å². The molecule has 2 aromatic heterocycles. The fourth-order valence-corrected chi connectivity index (χ4v) is 4.30. The van der Waals surface area contributed by atoms with Gasteiger partial charge < -0.3 is 30.6 Å². The quantitative estimate of drug-likeness (QED) is 0.508. The number of H-pyrrole nitrogens is 1. The Labute approximate surface area is 186 Å². The number of rotatable bonds is 5. The molecule has 10 heteroatoms. The zero-order chi connectivity index (χ0) is 21.9. The highest BCUT2D eigenvalue weighted by Crippen LogP contribution is 2.26. The molecule has 2 aliphatic rings. The number of amides is 1. The van der Waals surface area contributed by atoms with Gasteiger partial charge in [-0.2, -0.15) is 4.98 Å². The molecule has 0 atom stereocenters. The van der Waals surface area contributed by atoms with Gasteiger partial charge in [0.2, 0.25) is 11.9 Å². The fourth-order valence-electron chi connectivity index (χ4n) is 4.30. The topological polar surface area (TPSA) is 125 Å². The molecule has 2 fully saturated rings. The van der Waals surface area contributed by atoms with Gasteiger partial charge in [0.05, 0.1) is 19.6 Å². The molecule has 2 saturated heterocycles. The minimum atomic E-state index is 0.0439. The largest absolute Gasteiger partial charge is 0.399 e. The number of carbonyl (C=O) groups is 1. The van der Waals surface area contributed by atoms with Crippen LogP contribution in [0.3, 0.4) is 0 Å². The molecular weight excluding hydrogens is 408 g/mol. The highest BCUT2D eigenvalue weighted by atomic mass is 16.5. The number of morpholine rings is 1. The van der Waals surface area contributed by atoms with Gasteiger partial charge in [0, 0.05) is 37.9 Å². The number of nitrogen functional groups attached to an aromatic ring is 1. The molecule has 32 heavy (non-hydrogen) atoms. The van der Waals surface area contributed by atoms with E-state index in [4.69, 9.17) is 15.5 Å². The summed E-state index contributed by atoms with van der Waals surface area (Å²) in [6.45, 7) is 4.64. The van der Waals surface area contributed by atoms with Crippen LogP contribution >= 0.6 is 0 Å². The van der Waals surface area contributed by atoms with Gasteiger partial charge in [0.25, 0.3) is 0 Å². The van der Waals surface area contributed by atoms with Crippen molar-refractivity contribution in [1.82, 2.24) is 25.3 Å². The lowest BCUT2D eigenvalue weighted by Gasteiger charge is -2.32. The van der Waals surface area contributed by atoms with Crippen LogP contribution < -0.4 is 20.9 Å². The van der Waals surface area contributed by atoms with Crippen molar-refractivity contribution in [2.24, 2.45) is 0 Å². The highest BCUT2D eigenvalue weighted by Gasteiger charge is 2.24. The molecule has 1 aromatic carbocycles. The summed E-state index contributed by atoms with van der Waals surface area (Å²) >= 11 is 0. The van der Waals surface area contributed by atoms with Gasteiger partial charge in [-0.05, 0) is 30.5 Å². The number of hydrogen-bond acceptors (Lipinski definition) is 8. The van der Waals surface area contributed by atoms with Gasteiger partial charge >= 0.3 is 0 Å². The van der Waals surface area contributed by atoms with Crippen LogP contribution in [0.4, 0.5) is 17.5 Å². The summed E-state index contributed by atoms with van der Waals surface area (Å²) in [7, 11) is 0. The lowest BCUT2D eigenvalue weighted by Crippen LogP contribution is -2.45. The second-order valence-electron chi connectivity index (χ2n) is 8.30. The van der Waals surface area contributed by atoms with Crippen LogP contribution in [0.5, 0.6) is 0 Å². The van der Waals surface area contributed by atoms with Crippen molar-refractivity contribution in [3.63, 3.8) is 0 Å². The first kappa shape index (κ1) is 20.5. The molecule has 0 unspecified atom stereocenters. The van der Waals surface area contributed by atoms with E-state index < -0.39 is 0 Å². The molecule has 0 saturated carbocycles. The summed E-state index contributed by atoms with van der Waals surface area (Å²) < 4.78 is 5.45. The summed E-state index contributed by atoms with van der Waals surface area (Å²) in [4.78, 5) is 33.8. The third kappa shape index (κ3) is 4.45. The minimum absolute atomic E-state index is 0.0439. The maximum absolute atomic E-state index is 12.4. The maximum atomic E-state index is 12.4. The number of nitrogens with zero attached hydrogens (tertiary/aromatic N) is 5. The normalized spacial score (nSPS) is 17.6. The van der Waals surface area contributed by atoms with Crippen molar-refractivity contribution in [2.75, 3.05) is 54.9 Å². The summed E-state index contributed by atoms with van der Waals surface area (Å²) in [6.07, 6.45) is 3.67. The van der Waals surface area contributed by atoms with Crippen molar-refractivity contribution < 1.29 is 9.53 Å². The van der Waals surface area contributed by atoms with Crippen molar-refractivity contribution in [1.29, 1.82) is 0 Å². The average Bonchev–Trinajstić information content (AvgIpc) is 3.26. The van der Waals surface area contributed by atoms with Crippen LogP contribution in [0.25, 0.3) is 11.2 Å². The second kappa shape index (κ2) is 8.99. The predicted octanol–water partition coefficient (Wildman–Crippen LogP) is 1.10. The number of nitrogens with two attached hydrogens (primary N) is 1. The fraction of sp³-hybridized carbons (Fsp3) is 0.455. The van der Waals surface area contributed by atoms with Gasteiger partial charge in [0.1, 0.15) is 11.8 Å². The third-order valence-electron chi connectivity index (χ3n) is 6.07. The highest BCUT2D eigenvalue weighted by molar-refractivity contribution is 5.85. The Kier molecular flexibility index (Phi) is 5.76. The smallest absolute Gasteiger partial charge is 0.224 e. The van der Waals surface area contributed by atoms with E-state index in [1.54, 1.807) is 6.33 Å². The Balaban J connectivity index is 1.19. The van der Waals surface area contributed by atoms with E-state index in [1.807, 2.05) is 24.3 Å². The SMILES string of the molecule is Nc1ccc(CC(=O)NC2CCN(c3nc4ncnc(N5CCOCC5)c4[nH]3)CC2)cc1. The lowest BCUT2D eigenvalue weighted by molar-refractivity contribution is -0.121. The molecule has 0 bridgehead atoms. The van der Waals surface area contributed by atoms with E-state index in [1.165, 1.54) is 0 Å². The molecule has 3 aromatic rings. The Hall–Kier alpha value is -3.40.